The van der Waals surface area contributed by atoms with E-state index in [1.165, 1.54) is 10.9 Å². The molecule has 3 rings (SSSR count). The first-order valence-corrected chi connectivity index (χ1v) is 7.22. The maximum atomic E-state index is 12.9. The van der Waals surface area contributed by atoms with Gasteiger partial charge in [0.2, 0.25) is 5.95 Å². The van der Waals surface area contributed by atoms with Gasteiger partial charge in [0.1, 0.15) is 11.4 Å². The van der Waals surface area contributed by atoms with Gasteiger partial charge in [0.15, 0.2) is 0 Å². The number of aromatic nitrogens is 4. The van der Waals surface area contributed by atoms with Crippen LogP contribution in [0.4, 0.5) is 4.39 Å². The maximum Gasteiger partial charge on any atom is 0.270 e. The van der Waals surface area contributed by atoms with Gasteiger partial charge in [-0.05, 0) is 30.7 Å². The summed E-state index contributed by atoms with van der Waals surface area (Å²) in [5.41, 5.74) is 2.09. The molecule has 0 aliphatic heterocycles. The van der Waals surface area contributed by atoms with Crippen molar-refractivity contribution in [3.8, 4) is 11.4 Å². The van der Waals surface area contributed by atoms with Gasteiger partial charge in [0.05, 0.1) is 18.9 Å². The van der Waals surface area contributed by atoms with Gasteiger partial charge >= 0.3 is 0 Å². The number of benzene rings is 1. The normalized spacial score (nSPS) is 10.7. The highest BCUT2D eigenvalue weighted by Gasteiger charge is 2.09. The Balaban J connectivity index is 2.01. The molecular weight excluding hydrogens is 319 g/mol. The average Bonchev–Trinajstić information content (AvgIpc) is 2.54. The lowest BCUT2D eigenvalue weighted by molar-refractivity contribution is 0.576. The summed E-state index contributed by atoms with van der Waals surface area (Å²) in [5, 5.41) is 4.92. The van der Waals surface area contributed by atoms with E-state index >= 15 is 0 Å². The van der Waals surface area contributed by atoms with Crippen LogP contribution in [0.1, 0.15) is 11.1 Å². The molecule has 0 bridgehead atoms. The van der Waals surface area contributed by atoms with Crippen molar-refractivity contribution in [2.45, 2.75) is 13.5 Å². The molecule has 0 radical (unpaired) electrons. The number of halogens is 2. The Labute approximate surface area is 136 Å². The lowest BCUT2D eigenvalue weighted by Crippen LogP contribution is -2.26. The van der Waals surface area contributed by atoms with Gasteiger partial charge in [-0.15, -0.1) is 0 Å². The van der Waals surface area contributed by atoms with Crippen molar-refractivity contribution in [3.63, 3.8) is 0 Å². The van der Waals surface area contributed by atoms with Crippen molar-refractivity contribution >= 4 is 11.6 Å². The van der Waals surface area contributed by atoms with Gasteiger partial charge in [0, 0.05) is 10.6 Å². The molecule has 2 aromatic heterocycles. The monoisotopic (exact) mass is 330 g/mol. The second-order valence-electron chi connectivity index (χ2n) is 5.03. The lowest BCUT2D eigenvalue weighted by atomic mass is 10.2. The van der Waals surface area contributed by atoms with Gasteiger partial charge in [-0.25, -0.2) is 14.6 Å². The van der Waals surface area contributed by atoms with Gasteiger partial charge < -0.3 is 0 Å². The van der Waals surface area contributed by atoms with Gasteiger partial charge in [-0.2, -0.15) is 9.49 Å². The predicted octanol–water partition coefficient (Wildman–Crippen LogP) is 2.85. The largest absolute Gasteiger partial charge is 0.270 e. The van der Waals surface area contributed by atoms with E-state index in [4.69, 9.17) is 11.6 Å². The predicted molar refractivity (Wildman–Crippen MR) is 84.8 cm³/mol. The Kier molecular flexibility index (Phi) is 4.16. The maximum absolute atomic E-state index is 12.9. The fourth-order valence-corrected chi connectivity index (χ4v) is 2.24. The molecule has 0 aliphatic carbocycles. The Bertz CT molecular complexity index is 891. The first-order valence-electron chi connectivity index (χ1n) is 6.84. The van der Waals surface area contributed by atoms with Gasteiger partial charge in [-0.1, -0.05) is 23.7 Å². The minimum Gasteiger partial charge on any atom is -0.268 e. The summed E-state index contributed by atoms with van der Waals surface area (Å²) >= 11 is 5.86. The zero-order valence-corrected chi connectivity index (χ0v) is 13.0. The molecule has 0 fully saturated rings. The highest BCUT2D eigenvalue weighted by atomic mass is 35.5. The van der Waals surface area contributed by atoms with Crippen LogP contribution < -0.4 is 5.56 Å². The number of aryl methyl sites for hydroxylation is 1. The van der Waals surface area contributed by atoms with Crippen LogP contribution in [-0.4, -0.2) is 19.7 Å². The van der Waals surface area contributed by atoms with Crippen molar-refractivity contribution in [1.82, 2.24) is 19.7 Å². The van der Waals surface area contributed by atoms with Crippen LogP contribution in [-0.2, 0) is 6.54 Å². The summed E-state index contributed by atoms with van der Waals surface area (Å²) in [6, 6.07) is 8.78. The van der Waals surface area contributed by atoms with Crippen LogP contribution in [0.5, 0.6) is 0 Å². The van der Waals surface area contributed by atoms with E-state index in [0.29, 0.717) is 28.5 Å². The van der Waals surface area contributed by atoms with E-state index in [1.54, 1.807) is 25.1 Å². The molecule has 0 N–H and O–H groups in total. The molecule has 0 aliphatic rings. The topological polar surface area (TPSA) is 60.7 Å². The van der Waals surface area contributed by atoms with E-state index in [2.05, 4.69) is 15.1 Å². The minimum absolute atomic E-state index is 0.196. The molecule has 23 heavy (non-hydrogen) atoms. The first-order chi connectivity index (χ1) is 11.0. The third-order valence-electron chi connectivity index (χ3n) is 3.28. The number of rotatable bonds is 3. The molecular formula is C16H12ClFN4O. The number of hydrogen-bond acceptors (Lipinski definition) is 4. The molecule has 3 aromatic rings. The van der Waals surface area contributed by atoms with Gasteiger partial charge in [-0.3, -0.25) is 4.79 Å². The second kappa shape index (κ2) is 6.26. The molecule has 7 heteroatoms. The SMILES string of the molecule is Cc1cc(-c2cnc(F)cn2)nn(Cc2ccc(Cl)cc2)c1=O. The van der Waals surface area contributed by atoms with Crippen molar-refractivity contribution in [2.24, 2.45) is 0 Å². The smallest absolute Gasteiger partial charge is 0.268 e. The van der Waals surface area contributed by atoms with Crippen molar-refractivity contribution in [3.05, 3.63) is 75.2 Å². The van der Waals surface area contributed by atoms with E-state index < -0.39 is 5.95 Å². The fourth-order valence-electron chi connectivity index (χ4n) is 2.11. The van der Waals surface area contributed by atoms with E-state index in [0.717, 1.165) is 11.8 Å². The zero-order chi connectivity index (χ0) is 16.4. The van der Waals surface area contributed by atoms with Crippen LogP contribution in [0, 0.1) is 12.9 Å². The molecule has 1 aromatic carbocycles. The zero-order valence-electron chi connectivity index (χ0n) is 12.2. The summed E-state index contributed by atoms with van der Waals surface area (Å²) in [4.78, 5) is 19.8. The van der Waals surface area contributed by atoms with Crippen LogP contribution in [0.2, 0.25) is 5.02 Å². The molecule has 5 nitrogen and oxygen atoms in total. The van der Waals surface area contributed by atoms with Crippen LogP contribution in [0.25, 0.3) is 11.4 Å². The van der Waals surface area contributed by atoms with Crippen molar-refractivity contribution in [1.29, 1.82) is 0 Å². The summed E-state index contributed by atoms with van der Waals surface area (Å²) in [7, 11) is 0. The molecule has 116 valence electrons. The van der Waals surface area contributed by atoms with Crippen molar-refractivity contribution < 1.29 is 4.39 Å². The summed E-state index contributed by atoms with van der Waals surface area (Å²) in [6.45, 7) is 2.00. The van der Waals surface area contributed by atoms with E-state index in [-0.39, 0.29) is 5.56 Å². The Hall–Kier alpha value is -2.60. The molecule has 2 heterocycles. The molecule has 0 atom stereocenters. The van der Waals surface area contributed by atoms with E-state index in [1.807, 2.05) is 12.1 Å². The second-order valence-corrected chi connectivity index (χ2v) is 5.46. The molecule has 0 unspecified atom stereocenters. The van der Waals surface area contributed by atoms with E-state index in [9.17, 15) is 9.18 Å². The number of nitrogens with zero attached hydrogens (tertiary/aromatic N) is 4. The van der Waals surface area contributed by atoms with Crippen molar-refractivity contribution in [2.75, 3.05) is 0 Å². The summed E-state index contributed by atoms with van der Waals surface area (Å²) in [5.74, 6) is -0.667. The Morgan fingerprint density at radius 2 is 1.87 bits per heavy atom. The Morgan fingerprint density at radius 3 is 2.52 bits per heavy atom. The number of hydrogen-bond donors (Lipinski definition) is 0. The molecule has 0 saturated heterocycles. The van der Waals surface area contributed by atoms with Gasteiger partial charge in [0.25, 0.3) is 5.56 Å². The van der Waals surface area contributed by atoms with Crippen LogP contribution in [0.15, 0.2) is 47.5 Å². The molecule has 0 spiro atoms. The quantitative estimate of drug-likeness (QED) is 0.741. The highest BCUT2D eigenvalue weighted by Crippen LogP contribution is 2.14. The standard InChI is InChI=1S/C16H12ClFN4O/c1-10-6-13(14-7-20-15(18)8-19-14)21-22(16(10)23)9-11-2-4-12(17)5-3-11/h2-8H,9H2,1H3. The lowest BCUT2D eigenvalue weighted by Gasteiger charge is -2.09. The first kappa shape index (κ1) is 15.3. The minimum atomic E-state index is -0.667. The highest BCUT2D eigenvalue weighted by molar-refractivity contribution is 6.30. The van der Waals surface area contributed by atoms with Crippen LogP contribution in [0.3, 0.4) is 0 Å². The summed E-state index contributed by atoms with van der Waals surface area (Å²) in [6.07, 6.45) is 2.30. The Morgan fingerprint density at radius 1 is 1.13 bits per heavy atom. The summed E-state index contributed by atoms with van der Waals surface area (Å²) < 4.78 is 14.2. The van der Waals surface area contributed by atoms with Crippen LogP contribution >= 0.6 is 11.6 Å². The molecule has 0 saturated carbocycles. The third kappa shape index (κ3) is 3.43. The third-order valence-corrected chi connectivity index (χ3v) is 3.53. The average molecular weight is 331 g/mol. The fraction of sp³-hybridized carbons (Fsp3) is 0.125. The molecule has 0 amide bonds.